The van der Waals surface area contributed by atoms with Gasteiger partial charge >= 0.3 is 0 Å². The average Bonchev–Trinajstić information content (AvgIpc) is 3.00. The molecular formula is C11H14FNO2. The molecule has 82 valence electrons. The van der Waals surface area contributed by atoms with Crippen LogP contribution < -0.4 is 10.5 Å². The van der Waals surface area contributed by atoms with E-state index in [2.05, 4.69) is 0 Å². The fraction of sp³-hybridized carbons (Fsp3) is 0.455. The SMILES string of the molecule is Nc1cccc(F)c1OCOCC1CC1. The van der Waals surface area contributed by atoms with Gasteiger partial charge in [0.25, 0.3) is 0 Å². The minimum Gasteiger partial charge on any atom is -0.462 e. The monoisotopic (exact) mass is 211 g/mol. The first-order valence-corrected chi connectivity index (χ1v) is 5.02. The van der Waals surface area contributed by atoms with Gasteiger partial charge in [0.1, 0.15) is 0 Å². The zero-order valence-corrected chi connectivity index (χ0v) is 8.41. The average molecular weight is 211 g/mol. The van der Waals surface area contributed by atoms with Gasteiger partial charge in [-0.25, -0.2) is 4.39 Å². The van der Waals surface area contributed by atoms with E-state index < -0.39 is 5.82 Å². The van der Waals surface area contributed by atoms with Gasteiger partial charge < -0.3 is 15.2 Å². The van der Waals surface area contributed by atoms with Gasteiger partial charge in [0.15, 0.2) is 18.4 Å². The molecule has 15 heavy (non-hydrogen) atoms. The van der Waals surface area contributed by atoms with Crippen molar-refractivity contribution in [3.05, 3.63) is 24.0 Å². The summed E-state index contributed by atoms with van der Waals surface area (Å²) in [4.78, 5) is 0. The Kier molecular flexibility index (Phi) is 3.06. The Morgan fingerprint density at radius 3 is 2.87 bits per heavy atom. The Bertz CT molecular complexity index is 319. The lowest BCUT2D eigenvalue weighted by Gasteiger charge is -2.09. The fourth-order valence-electron chi connectivity index (χ4n) is 1.28. The summed E-state index contributed by atoms with van der Waals surface area (Å²) in [5.41, 5.74) is 5.85. The van der Waals surface area contributed by atoms with Gasteiger partial charge in [-0.2, -0.15) is 0 Å². The number of ether oxygens (including phenoxy) is 2. The molecule has 1 fully saturated rings. The summed E-state index contributed by atoms with van der Waals surface area (Å²) in [7, 11) is 0. The summed E-state index contributed by atoms with van der Waals surface area (Å²) in [5, 5.41) is 0. The zero-order valence-electron chi connectivity index (χ0n) is 8.41. The molecule has 0 unspecified atom stereocenters. The second-order valence-electron chi connectivity index (χ2n) is 3.73. The summed E-state index contributed by atoms with van der Waals surface area (Å²) in [6.07, 6.45) is 2.45. The van der Waals surface area contributed by atoms with Gasteiger partial charge in [0, 0.05) is 0 Å². The summed E-state index contributed by atoms with van der Waals surface area (Å²) in [6.45, 7) is 0.746. The summed E-state index contributed by atoms with van der Waals surface area (Å²) in [5.74, 6) is 0.296. The van der Waals surface area contributed by atoms with Crippen LogP contribution in [0.25, 0.3) is 0 Å². The molecule has 2 rings (SSSR count). The van der Waals surface area contributed by atoms with E-state index in [-0.39, 0.29) is 12.5 Å². The molecule has 0 amide bonds. The van der Waals surface area contributed by atoms with Crippen LogP contribution in [0, 0.1) is 11.7 Å². The maximum absolute atomic E-state index is 13.2. The second kappa shape index (κ2) is 4.49. The lowest BCUT2D eigenvalue weighted by Crippen LogP contribution is -2.07. The minimum absolute atomic E-state index is 0.0572. The zero-order chi connectivity index (χ0) is 10.7. The standard InChI is InChI=1S/C11H14FNO2/c12-9-2-1-3-10(13)11(9)15-7-14-6-8-4-5-8/h1-3,8H,4-7,13H2. The van der Waals surface area contributed by atoms with Crippen LogP contribution in [0.15, 0.2) is 18.2 Å². The molecule has 0 atom stereocenters. The van der Waals surface area contributed by atoms with Gasteiger partial charge in [0.2, 0.25) is 0 Å². The van der Waals surface area contributed by atoms with Gasteiger partial charge in [-0.15, -0.1) is 0 Å². The summed E-state index contributed by atoms with van der Waals surface area (Å²) >= 11 is 0. The highest BCUT2D eigenvalue weighted by atomic mass is 19.1. The van der Waals surface area contributed by atoms with Crippen LogP contribution in [0.3, 0.4) is 0 Å². The third-order valence-corrected chi connectivity index (χ3v) is 2.33. The lowest BCUT2D eigenvalue weighted by atomic mass is 10.3. The summed E-state index contributed by atoms with van der Waals surface area (Å²) < 4.78 is 23.5. The van der Waals surface area contributed by atoms with Gasteiger partial charge in [-0.05, 0) is 30.9 Å². The molecule has 0 aromatic heterocycles. The van der Waals surface area contributed by atoms with Crippen LogP contribution in [-0.2, 0) is 4.74 Å². The Morgan fingerprint density at radius 1 is 1.40 bits per heavy atom. The molecule has 2 N–H and O–H groups in total. The molecule has 1 saturated carbocycles. The number of anilines is 1. The van der Waals surface area contributed by atoms with E-state index in [9.17, 15) is 4.39 Å². The normalized spacial score (nSPS) is 15.3. The molecule has 1 aliphatic rings. The molecule has 1 aliphatic carbocycles. The molecule has 0 bridgehead atoms. The number of halogens is 1. The van der Waals surface area contributed by atoms with E-state index >= 15 is 0 Å². The first kappa shape index (κ1) is 10.2. The second-order valence-corrected chi connectivity index (χ2v) is 3.73. The highest BCUT2D eigenvalue weighted by molar-refractivity contribution is 5.52. The fourth-order valence-corrected chi connectivity index (χ4v) is 1.28. The minimum atomic E-state index is -0.454. The molecule has 4 heteroatoms. The number of hydrogen-bond acceptors (Lipinski definition) is 3. The van der Waals surface area contributed by atoms with Crippen molar-refractivity contribution in [1.29, 1.82) is 0 Å². The first-order valence-electron chi connectivity index (χ1n) is 5.02. The smallest absolute Gasteiger partial charge is 0.189 e. The Balaban J connectivity index is 1.80. The highest BCUT2D eigenvalue weighted by Gasteiger charge is 2.21. The van der Waals surface area contributed by atoms with Crippen LogP contribution in [0.1, 0.15) is 12.8 Å². The van der Waals surface area contributed by atoms with E-state index in [1.807, 2.05) is 0 Å². The number of rotatable bonds is 5. The van der Waals surface area contributed by atoms with E-state index in [4.69, 9.17) is 15.2 Å². The predicted molar refractivity (Wildman–Crippen MR) is 55.0 cm³/mol. The third-order valence-electron chi connectivity index (χ3n) is 2.33. The van der Waals surface area contributed by atoms with Crippen LogP contribution in [0.5, 0.6) is 5.75 Å². The maximum atomic E-state index is 13.2. The molecule has 0 heterocycles. The van der Waals surface area contributed by atoms with Crippen molar-refractivity contribution in [3.8, 4) is 5.75 Å². The molecule has 0 saturated heterocycles. The summed E-state index contributed by atoms with van der Waals surface area (Å²) in [6, 6.07) is 4.45. The predicted octanol–water partition coefficient (Wildman–Crippen LogP) is 2.17. The van der Waals surface area contributed by atoms with Crippen molar-refractivity contribution >= 4 is 5.69 Å². The molecule has 3 nitrogen and oxygen atoms in total. The van der Waals surface area contributed by atoms with E-state index in [1.54, 1.807) is 12.1 Å². The lowest BCUT2D eigenvalue weighted by molar-refractivity contribution is 0.00838. The van der Waals surface area contributed by atoms with Crippen molar-refractivity contribution in [2.45, 2.75) is 12.8 Å². The number of para-hydroxylation sites is 1. The van der Waals surface area contributed by atoms with Crippen LogP contribution >= 0.6 is 0 Å². The molecule has 0 aliphatic heterocycles. The molecule has 1 aromatic carbocycles. The van der Waals surface area contributed by atoms with E-state index in [1.165, 1.54) is 18.9 Å². The number of hydrogen-bond donors (Lipinski definition) is 1. The topological polar surface area (TPSA) is 44.5 Å². The first-order chi connectivity index (χ1) is 7.27. The molecule has 0 spiro atoms. The molecule has 0 radical (unpaired) electrons. The van der Waals surface area contributed by atoms with Crippen LogP contribution in [0.2, 0.25) is 0 Å². The third kappa shape index (κ3) is 2.83. The van der Waals surface area contributed by atoms with Crippen molar-refractivity contribution in [1.82, 2.24) is 0 Å². The van der Waals surface area contributed by atoms with Gasteiger partial charge in [-0.3, -0.25) is 0 Å². The van der Waals surface area contributed by atoms with Crippen molar-refractivity contribution < 1.29 is 13.9 Å². The number of nitrogen functional groups attached to an aromatic ring is 1. The quantitative estimate of drug-likeness (QED) is 0.461. The van der Waals surface area contributed by atoms with Crippen molar-refractivity contribution in [3.63, 3.8) is 0 Å². The molecular weight excluding hydrogens is 197 g/mol. The highest BCUT2D eigenvalue weighted by Crippen LogP contribution is 2.29. The Hall–Kier alpha value is -1.29. The van der Waals surface area contributed by atoms with Crippen LogP contribution in [-0.4, -0.2) is 13.4 Å². The van der Waals surface area contributed by atoms with Crippen molar-refractivity contribution in [2.24, 2.45) is 5.92 Å². The van der Waals surface area contributed by atoms with Crippen molar-refractivity contribution in [2.75, 3.05) is 19.1 Å². The Labute approximate surface area is 88.0 Å². The number of nitrogens with two attached hydrogens (primary N) is 1. The van der Waals surface area contributed by atoms with E-state index in [0.29, 0.717) is 18.2 Å². The Morgan fingerprint density at radius 2 is 2.20 bits per heavy atom. The van der Waals surface area contributed by atoms with Crippen LogP contribution in [0.4, 0.5) is 10.1 Å². The largest absolute Gasteiger partial charge is 0.462 e. The van der Waals surface area contributed by atoms with Gasteiger partial charge in [0.05, 0.1) is 12.3 Å². The van der Waals surface area contributed by atoms with Gasteiger partial charge in [-0.1, -0.05) is 6.07 Å². The molecule has 1 aromatic rings. The van der Waals surface area contributed by atoms with E-state index in [0.717, 1.165) is 0 Å². The maximum Gasteiger partial charge on any atom is 0.189 e. The number of benzene rings is 1.